The van der Waals surface area contributed by atoms with Gasteiger partial charge in [0.1, 0.15) is 0 Å². The fourth-order valence-electron chi connectivity index (χ4n) is 5.67. The van der Waals surface area contributed by atoms with E-state index in [0.717, 1.165) is 50.3 Å². The van der Waals surface area contributed by atoms with Gasteiger partial charge < -0.3 is 20.1 Å². The fourth-order valence-corrected chi connectivity index (χ4v) is 5.92. The number of fused-ring (bicyclic) bond motifs is 1. The van der Waals surface area contributed by atoms with Gasteiger partial charge in [0.2, 0.25) is 0 Å². The molecule has 2 aromatic carbocycles. The molecular weight excluding hydrogens is 430 g/mol. The van der Waals surface area contributed by atoms with Crippen LogP contribution >= 0.6 is 12.2 Å². The van der Waals surface area contributed by atoms with Crippen LogP contribution in [0.5, 0.6) is 11.5 Å². The SMILES string of the molecule is C=CCNC(=S)N[C@H]1CC[C@@]2(c3ccc(OC)c(OC)c3)CCN(Cc3ccccc3)[C@@H]2C1. The number of ether oxygens (including phenoxy) is 2. The van der Waals surface area contributed by atoms with E-state index in [1.54, 1.807) is 14.2 Å². The van der Waals surface area contributed by atoms with Crippen molar-refractivity contribution in [3.8, 4) is 11.5 Å². The lowest BCUT2D eigenvalue weighted by molar-refractivity contribution is 0.134. The van der Waals surface area contributed by atoms with Crippen molar-refractivity contribution < 1.29 is 9.47 Å². The number of likely N-dealkylation sites (tertiary alicyclic amines) is 1. The number of nitrogens with zero attached hydrogens (tertiary/aromatic N) is 1. The molecule has 2 fully saturated rings. The number of rotatable bonds is 8. The first kappa shape index (κ1) is 23.6. The average molecular weight is 466 g/mol. The van der Waals surface area contributed by atoms with Crippen molar-refractivity contribution in [2.75, 3.05) is 27.3 Å². The summed E-state index contributed by atoms with van der Waals surface area (Å²) in [7, 11) is 3.40. The van der Waals surface area contributed by atoms with E-state index in [-0.39, 0.29) is 5.41 Å². The van der Waals surface area contributed by atoms with Gasteiger partial charge in [0.15, 0.2) is 16.6 Å². The maximum absolute atomic E-state index is 5.66. The quantitative estimate of drug-likeness (QED) is 0.445. The lowest BCUT2D eigenvalue weighted by Gasteiger charge is -2.46. The fraction of sp³-hybridized carbons (Fsp3) is 0.444. The summed E-state index contributed by atoms with van der Waals surface area (Å²) in [5, 5.41) is 7.49. The van der Waals surface area contributed by atoms with Gasteiger partial charge in [-0.15, -0.1) is 6.58 Å². The van der Waals surface area contributed by atoms with Gasteiger partial charge in [-0.2, -0.15) is 0 Å². The van der Waals surface area contributed by atoms with Crippen LogP contribution in [0.4, 0.5) is 0 Å². The minimum Gasteiger partial charge on any atom is -0.493 e. The minimum atomic E-state index is 0.0999. The van der Waals surface area contributed by atoms with Crippen LogP contribution in [0.1, 0.15) is 36.8 Å². The summed E-state index contributed by atoms with van der Waals surface area (Å²) in [5.41, 5.74) is 2.81. The zero-order chi connectivity index (χ0) is 23.3. The zero-order valence-corrected chi connectivity index (χ0v) is 20.5. The molecule has 1 aliphatic heterocycles. The third kappa shape index (κ3) is 5.02. The first-order valence-corrected chi connectivity index (χ1v) is 12.2. The number of hydrogen-bond acceptors (Lipinski definition) is 4. The van der Waals surface area contributed by atoms with Crippen LogP contribution in [-0.4, -0.2) is 49.4 Å². The van der Waals surface area contributed by atoms with Crippen molar-refractivity contribution in [1.29, 1.82) is 0 Å². The summed E-state index contributed by atoms with van der Waals surface area (Å²) < 4.78 is 11.2. The van der Waals surface area contributed by atoms with E-state index in [1.165, 1.54) is 11.1 Å². The summed E-state index contributed by atoms with van der Waals surface area (Å²) in [6.07, 6.45) is 6.22. The molecule has 2 aromatic rings. The van der Waals surface area contributed by atoms with Crippen LogP contribution in [0.2, 0.25) is 0 Å². The molecule has 6 heteroatoms. The van der Waals surface area contributed by atoms with Crippen molar-refractivity contribution in [3.05, 3.63) is 72.3 Å². The third-order valence-electron chi connectivity index (χ3n) is 7.30. The molecule has 1 heterocycles. The Morgan fingerprint density at radius 3 is 2.67 bits per heavy atom. The maximum atomic E-state index is 5.66. The van der Waals surface area contributed by atoms with Gasteiger partial charge in [0.05, 0.1) is 14.2 Å². The van der Waals surface area contributed by atoms with Crippen molar-refractivity contribution in [2.24, 2.45) is 0 Å². The molecule has 1 aliphatic carbocycles. The van der Waals surface area contributed by atoms with Gasteiger partial charge in [-0.25, -0.2) is 0 Å². The number of methoxy groups -OCH3 is 2. The topological polar surface area (TPSA) is 45.8 Å². The van der Waals surface area contributed by atoms with Gasteiger partial charge in [-0.05, 0) is 67.7 Å². The largest absolute Gasteiger partial charge is 0.493 e. The van der Waals surface area contributed by atoms with Gasteiger partial charge >= 0.3 is 0 Å². The molecule has 2 aliphatic rings. The average Bonchev–Trinajstić information content (AvgIpc) is 3.21. The smallest absolute Gasteiger partial charge is 0.166 e. The highest BCUT2D eigenvalue weighted by Crippen LogP contribution is 2.50. The normalized spacial score (nSPS) is 24.5. The molecule has 0 spiro atoms. The number of nitrogens with one attached hydrogen (secondary N) is 2. The molecule has 0 bridgehead atoms. The second-order valence-corrected chi connectivity index (χ2v) is 9.47. The molecule has 33 heavy (non-hydrogen) atoms. The van der Waals surface area contributed by atoms with E-state index < -0.39 is 0 Å². The molecule has 0 aromatic heterocycles. The summed E-state index contributed by atoms with van der Waals surface area (Å²) in [4.78, 5) is 2.67. The molecular formula is C27H35N3O2S. The molecule has 0 unspecified atom stereocenters. The Morgan fingerprint density at radius 1 is 1.15 bits per heavy atom. The number of hydrogen-bond donors (Lipinski definition) is 2. The van der Waals surface area contributed by atoms with Gasteiger partial charge in [-0.3, -0.25) is 4.90 Å². The first-order valence-electron chi connectivity index (χ1n) is 11.8. The Labute approximate surface area is 203 Å². The number of thiocarbonyl (C=S) groups is 1. The Bertz CT molecular complexity index is 967. The van der Waals surface area contributed by atoms with Crippen LogP contribution < -0.4 is 20.1 Å². The van der Waals surface area contributed by atoms with E-state index in [1.807, 2.05) is 6.08 Å². The molecule has 176 valence electrons. The number of benzene rings is 2. The highest BCUT2D eigenvalue weighted by atomic mass is 32.1. The third-order valence-corrected chi connectivity index (χ3v) is 7.56. The van der Waals surface area contributed by atoms with Crippen molar-refractivity contribution in [1.82, 2.24) is 15.5 Å². The van der Waals surface area contributed by atoms with Crippen molar-refractivity contribution in [3.63, 3.8) is 0 Å². The molecule has 5 nitrogen and oxygen atoms in total. The predicted molar refractivity (Wildman–Crippen MR) is 138 cm³/mol. The van der Waals surface area contributed by atoms with Gasteiger partial charge in [0, 0.05) is 30.6 Å². The molecule has 3 atom stereocenters. The highest BCUT2D eigenvalue weighted by molar-refractivity contribution is 7.80. The summed E-state index contributed by atoms with van der Waals surface area (Å²) >= 11 is 5.52. The second kappa shape index (κ2) is 10.6. The van der Waals surface area contributed by atoms with Crippen molar-refractivity contribution >= 4 is 17.3 Å². The Kier molecular flexibility index (Phi) is 7.56. The summed E-state index contributed by atoms with van der Waals surface area (Å²) in [6, 6.07) is 18.1. The Balaban J connectivity index is 1.61. The molecule has 4 rings (SSSR count). The monoisotopic (exact) mass is 465 g/mol. The zero-order valence-electron chi connectivity index (χ0n) is 19.7. The van der Waals surface area contributed by atoms with Gasteiger partial charge in [-0.1, -0.05) is 42.5 Å². The molecule has 1 saturated carbocycles. The summed E-state index contributed by atoms with van der Waals surface area (Å²) in [5.74, 6) is 1.59. The summed E-state index contributed by atoms with van der Waals surface area (Å²) in [6.45, 7) is 6.49. The van der Waals surface area contributed by atoms with Crippen LogP contribution in [-0.2, 0) is 12.0 Å². The second-order valence-electron chi connectivity index (χ2n) is 9.06. The minimum absolute atomic E-state index is 0.0999. The van der Waals surface area contributed by atoms with E-state index >= 15 is 0 Å². The first-order chi connectivity index (χ1) is 16.1. The van der Waals surface area contributed by atoms with Crippen LogP contribution in [0.3, 0.4) is 0 Å². The lowest BCUT2D eigenvalue weighted by atomic mass is 9.65. The van der Waals surface area contributed by atoms with Crippen LogP contribution in [0.15, 0.2) is 61.2 Å². The van der Waals surface area contributed by atoms with Crippen molar-refractivity contribution in [2.45, 2.75) is 49.7 Å². The maximum Gasteiger partial charge on any atom is 0.166 e. The standard InChI is InChI=1S/C27H35N3O2S/c1-4-15-28-26(33)29-22-12-13-27(21-10-11-23(31-2)24(17-21)32-3)14-16-30(25(27)18-22)19-20-8-6-5-7-9-20/h4-11,17,22,25H,1,12-16,18-19H2,2-3H3,(H2,28,29,33)/t22-,25+,27-/m0/s1. The predicted octanol–water partition coefficient (Wildman–Crippen LogP) is 4.42. The van der Waals surface area contributed by atoms with E-state index in [9.17, 15) is 0 Å². The molecule has 0 amide bonds. The Hall–Kier alpha value is -2.57. The lowest BCUT2D eigenvalue weighted by Crippen LogP contribution is -2.53. The molecule has 1 saturated heterocycles. The van der Waals surface area contributed by atoms with Gasteiger partial charge in [0.25, 0.3) is 0 Å². The van der Waals surface area contributed by atoms with E-state index in [4.69, 9.17) is 21.7 Å². The Morgan fingerprint density at radius 2 is 1.94 bits per heavy atom. The van der Waals surface area contributed by atoms with E-state index in [2.05, 4.69) is 70.6 Å². The molecule has 2 N–H and O–H groups in total. The van der Waals surface area contributed by atoms with Crippen LogP contribution in [0, 0.1) is 0 Å². The molecule has 0 radical (unpaired) electrons. The van der Waals surface area contributed by atoms with Crippen LogP contribution in [0.25, 0.3) is 0 Å². The van der Waals surface area contributed by atoms with E-state index in [0.29, 0.717) is 23.7 Å². The highest BCUT2D eigenvalue weighted by Gasteiger charge is 2.51.